The number of nitro groups is 1. The molecule has 136 valence electrons. The fourth-order valence-electron chi connectivity index (χ4n) is 2.14. The Bertz CT molecular complexity index is 964. The Hall–Kier alpha value is -3.44. The minimum Gasteiger partial charge on any atom is -0.489 e. The van der Waals surface area contributed by atoms with Gasteiger partial charge >= 0.3 is 0 Å². The molecule has 1 amide bonds. The number of halogens is 1. The Morgan fingerprint density at radius 1 is 1.37 bits per heavy atom. The van der Waals surface area contributed by atoms with Crippen LogP contribution in [0.5, 0.6) is 5.75 Å². The van der Waals surface area contributed by atoms with E-state index in [0.29, 0.717) is 11.3 Å². The van der Waals surface area contributed by atoms with Crippen LogP contribution in [0.15, 0.2) is 65.2 Å². The van der Waals surface area contributed by atoms with E-state index in [9.17, 15) is 20.2 Å². The van der Waals surface area contributed by atoms with Crippen LogP contribution >= 0.6 is 15.9 Å². The van der Waals surface area contributed by atoms with Crippen molar-refractivity contribution in [2.45, 2.75) is 0 Å². The summed E-state index contributed by atoms with van der Waals surface area (Å²) in [6, 6.07) is 12.6. The molecule has 0 unspecified atom stereocenters. The standard InChI is InChI=1S/C19H14BrN3O4/c1-2-9-27-18-8-7-15(20)11-13(18)10-14(12-21)19(24)22-16-5-3-4-6-17(16)23(25)26/h2-8,10-11H,1,9H2,(H,22,24)/b14-10+. The number of anilines is 1. The van der Waals surface area contributed by atoms with Gasteiger partial charge in [-0.05, 0) is 30.3 Å². The number of nitrogens with one attached hydrogen (secondary N) is 1. The van der Waals surface area contributed by atoms with Crippen molar-refractivity contribution in [1.29, 1.82) is 5.26 Å². The first-order valence-corrected chi connectivity index (χ1v) is 8.45. The maximum Gasteiger partial charge on any atom is 0.292 e. The molecule has 0 radical (unpaired) electrons. The predicted molar refractivity (Wildman–Crippen MR) is 105 cm³/mol. The van der Waals surface area contributed by atoms with E-state index in [4.69, 9.17) is 4.74 Å². The minimum absolute atomic E-state index is 0.00558. The molecule has 0 aliphatic carbocycles. The molecule has 0 heterocycles. The van der Waals surface area contributed by atoms with Crippen LogP contribution in [0, 0.1) is 21.4 Å². The lowest BCUT2D eigenvalue weighted by atomic mass is 10.1. The number of hydrogen-bond donors (Lipinski definition) is 1. The summed E-state index contributed by atoms with van der Waals surface area (Å²) in [4.78, 5) is 22.9. The summed E-state index contributed by atoms with van der Waals surface area (Å²) in [5.74, 6) is -0.300. The van der Waals surface area contributed by atoms with Gasteiger partial charge in [-0.25, -0.2) is 0 Å². The smallest absolute Gasteiger partial charge is 0.292 e. The maximum atomic E-state index is 12.4. The Morgan fingerprint density at radius 2 is 2.11 bits per heavy atom. The van der Waals surface area contributed by atoms with Crippen molar-refractivity contribution < 1.29 is 14.5 Å². The Morgan fingerprint density at radius 3 is 2.78 bits per heavy atom. The molecule has 0 saturated heterocycles. The van der Waals surface area contributed by atoms with Gasteiger partial charge in [0, 0.05) is 16.1 Å². The molecule has 2 aromatic carbocycles. The Labute approximate surface area is 163 Å². The van der Waals surface area contributed by atoms with E-state index >= 15 is 0 Å². The highest BCUT2D eigenvalue weighted by Crippen LogP contribution is 2.27. The van der Waals surface area contributed by atoms with Gasteiger partial charge in [0.15, 0.2) is 0 Å². The average Bonchev–Trinajstić information content (AvgIpc) is 2.65. The van der Waals surface area contributed by atoms with Crippen LogP contribution in [-0.2, 0) is 4.79 Å². The van der Waals surface area contributed by atoms with Crippen LogP contribution in [0.3, 0.4) is 0 Å². The van der Waals surface area contributed by atoms with E-state index in [1.54, 1.807) is 30.3 Å². The minimum atomic E-state index is -0.763. The van der Waals surface area contributed by atoms with Crippen molar-refractivity contribution >= 4 is 39.3 Å². The summed E-state index contributed by atoms with van der Waals surface area (Å²) in [6.45, 7) is 3.83. The lowest BCUT2D eigenvalue weighted by Gasteiger charge is -2.09. The molecule has 27 heavy (non-hydrogen) atoms. The zero-order valence-electron chi connectivity index (χ0n) is 14.0. The highest BCUT2D eigenvalue weighted by atomic mass is 79.9. The van der Waals surface area contributed by atoms with Crippen molar-refractivity contribution in [2.75, 3.05) is 11.9 Å². The number of benzene rings is 2. The number of amides is 1. The molecule has 0 aliphatic heterocycles. The SMILES string of the molecule is C=CCOc1ccc(Br)cc1/C=C(\C#N)C(=O)Nc1ccccc1[N+](=O)[O-]. The van der Waals surface area contributed by atoms with Gasteiger partial charge in [0.25, 0.3) is 11.6 Å². The van der Waals surface area contributed by atoms with Gasteiger partial charge in [-0.2, -0.15) is 5.26 Å². The zero-order valence-corrected chi connectivity index (χ0v) is 15.6. The average molecular weight is 428 g/mol. The number of carbonyl (C=O) groups excluding carboxylic acids is 1. The lowest BCUT2D eigenvalue weighted by Crippen LogP contribution is -2.14. The van der Waals surface area contributed by atoms with Crippen LogP contribution in [-0.4, -0.2) is 17.4 Å². The molecule has 0 bridgehead atoms. The Balaban J connectivity index is 2.36. The number of nitro benzene ring substituents is 1. The van der Waals surface area contributed by atoms with Crippen LogP contribution < -0.4 is 10.1 Å². The second-order valence-corrected chi connectivity index (χ2v) is 6.10. The van der Waals surface area contributed by atoms with E-state index in [-0.39, 0.29) is 23.6 Å². The third kappa shape index (κ3) is 5.26. The zero-order chi connectivity index (χ0) is 19.8. The van der Waals surface area contributed by atoms with Crippen LogP contribution in [0.4, 0.5) is 11.4 Å². The summed E-state index contributed by atoms with van der Waals surface area (Å²) in [6.07, 6.45) is 2.93. The van der Waals surface area contributed by atoms with Crippen LogP contribution in [0.2, 0.25) is 0 Å². The van der Waals surface area contributed by atoms with E-state index in [1.165, 1.54) is 24.3 Å². The predicted octanol–water partition coefficient (Wildman–Crippen LogP) is 4.47. The largest absolute Gasteiger partial charge is 0.489 e. The number of ether oxygens (including phenoxy) is 1. The molecule has 0 fully saturated rings. The number of nitrogens with zero attached hydrogens (tertiary/aromatic N) is 2. The van der Waals surface area contributed by atoms with Crippen molar-refractivity contribution in [3.63, 3.8) is 0 Å². The molecular weight excluding hydrogens is 414 g/mol. The third-order valence-corrected chi connectivity index (χ3v) is 3.84. The first kappa shape index (κ1) is 19.9. The van der Waals surface area contributed by atoms with Gasteiger partial charge in [-0.15, -0.1) is 0 Å². The van der Waals surface area contributed by atoms with Crippen molar-refractivity contribution in [1.82, 2.24) is 0 Å². The fraction of sp³-hybridized carbons (Fsp3) is 0.0526. The molecule has 2 aromatic rings. The van der Waals surface area contributed by atoms with Gasteiger partial charge in [0.2, 0.25) is 0 Å². The first-order valence-electron chi connectivity index (χ1n) is 7.66. The van der Waals surface area contributed by atoms with Gasteiger partial charge in [0.1, 0.15) is 29.7 Å². The summed E-state index contributed by atoms with van der Waals surface area (Å²) in [5, 5.41) is 22.8. The van der Waals surface area contributed by atoms with Crippen molar-refractivity contribution in [3.05, 3.63) is 80.8 Å². The number of carbonyl (C=O) groups is 1. The van der Waals surface area contributed by atoms with Gasteiger partial charge in [-0.3, -0.25) is 14.9 Å². The second kappa shape index (κ2) is 9.31. The molecule has 7 nitrogen and oxygen atoms in total. The van der Waals surface area contributed by atoms with Gasteiger partial charge in [0.05, 0.1) is 4.92 Å². The maximum absolute atomic E-state index is 12.4. The molecule has 0 aromatic heterocycles. The topological polar surface area (TPSA) is 105 Å². The quantitative estimate of drug-likeness (QED) is 0.230. The molecule has 8 heteroatoms. The normalized spacial score (nSPS) is 10.6. The fourth-order valence-corrected chi connectivity index (χ4v) is 2.52. The monoisotopic (exact) mass is 427 g/mol. The Kier molecular flexibility index (Phi) is 6.86. The van der Waals surface area contributed by atoms with E-state index in [2.05, 4.69) is 27.8 Å². The summed E-state index contributed by atoms with van der Waals surface area (Å²) in [7, 11) is 0. The van der Waals surface area contributed by atoms with Gasteiger partial charge in [-0.1, -0.05) is 40.7 Å². The number of rotatable bonds is 7. The van der Waals surface area contributed by atoms with Crippen LogP contribution in [0.25, 0.3) is 6.08 Å². The second-order valence-electron chi connectivity index (χ2n) is 5.18. The third-order valence-electron chi connectivity index (χ3n) is 3.34. The molecular formula is C19H14BrN3O4. The molecule has 0 saturated carbocycles. The first-order chi connectivity index (χ1) is 13.0. The summed E-state index contributed by atoms with van der Waals surface area (Å²) >= 11 is 3.33. The summed E-state index contributed by atoms with van der Waals surface area (Å²) in [5.41, 5.74) is 0.0156. The molecule has 2 rings (SSSR count). The molecule has 0 spiro atoms. The molecule has 0 atom stereocenters. The van der Waals surface area contributed by atoms with Crippen LogP contribution in [0.1, 0.15) is 5.56 Å². The lowest BCUT2D eigenvalue weighted by molar-refractivity contribution is -0.383. The van der Waals surface area contributed by atoms with Crippen molar-refractivity contribution in [3.8, 4) is 11.8 Å². The molecule has 1 N–H and O–H groups in total. The van der Waals surface area contributed by atoms with Crippen molar-refractivity contribution in [2.24, 2.45) is 0 Å². The highest BCUT2D eigenvalue weighted by Gasteiger charge is 2.17. The number of nitriles is 1. The molecule has 0 aliphatic rings. The van der Waals surface area contributed by atoms with E-state index < -0.39 is 10.8 Å². The van der Waals surface area contributed by atoms with Gasteiger partial charge < -0.3 is 10.1 Å². The highest BCUT2D eigenvalue weighted by molar-refractivity contribution is 9.10. The summed E-state index contributed by atoms with van der Waals surface area (Å²) < 4.78 is 6.25. The number of hydrogen-bond acceptors (Lipinski definition) is 5. The van der Waals surface area contributed by atoms with E-state index in [0.717, 1.165) is 4.47 Å². The number of para-hydroxylation sites is 2. The van der Waals surface area contributed by atoms with E-state index in [1.807, 2.05) is 6.07 Å².